The maximum atomic E-state index is 12.7. The van der Waals surface area contributed by atoms with E-state index in [9.17, 15) is 4.79 Å². The lowest BCUT2D eigenvalue weighted by atomic mass is 10.2. The van der Waals surface area contributed by atoms with Crippen LogP contribution in [0.3, 0.4) is 0 Å². The Kier molecular flexibility index (Phi) is 5.01. The molecule has 2 aromatic heterocycles. The lowest BCUT2D eigenvalue weighted by Crippen LogP contribution is -2.26. The third kappa shape index (κ3) is 3.65. The summed E-state index contributed by atoms with van der Waals surface area (Å²) in [4.78, 5) is 23.6. The van der Waals surface area contributed by atoms with E-state index in [1.807, 2.05) is 45.3 Å². The van der Waals surface area contributed by atoms with Gasteiger partial charge in [-0.3, -0.25) is 0 Å². The summed E-state index contributed by atoms with van der Waals surface area (Å²) in [5.74, 6) is 0.539. The lowest BCUT2D eigenvalue weighted by Gasteiger charge is -2.15. The van der Waals surface area contributed by atoms with Crippen molar-refractivity contribution in [2.45, 2.75) is 6.92 Å². The largest absolute Gasteiger partial charge is 0.368 e. The van der Waals surface area contributed by atoms with Gasteiger partial charge in [-0.15, -0.1) is 0 Å². The lowest BCUT2D eigenvalue weighted by molar-refractivity contribution is 0.425. The molecule has 0 saturated heterocycles. The number of likely N-dealkylation sites (N-methyl/N-ethyl adjacent to an activating group) is 1. The van der Waals surface area contributed by atoms with Gasteiger partial charge in [0.1, 0.15) is 5.82 Å². The van der Waals surface area contributed by atoms with Crippen LogP contribution in [0.15, 0.2) is 41.2 Å². The highest BCUT2D eigenvalue weighted by Gasteiger charge is 2.15. The minimum atomic E-state index is -0.411. The molecule has 130 valence electrons. The summed E-state index contributed by atoms with van der Waals surface area (Å²) in [6, 6.07) is 11.0. The Labute approximate surface area is 151 Å². The van der Waals surface area contributed by atoms with Gasteiger partial charge in [0.2, 0.25) is 0 Å². The molecule has 0 amide bonds. The molecule has 0 aliphatic carbocycles. The highest BCUT2D eigenvalue weighted by molar-refractivity contribution is 6.32. The number of rotatable bonds is 5. The second-order valence-corrected chi connectivity index (χ2v) is 6.49. The summed E-state index contributed by atoms with van der Waals surface area (Å²) in [5.41, 5.74) is 1.52. The molecule has 25 heavy (non-hydrogen) atoms. The van der Waals surface area contributed by atoms with E-state index in [1.165, 1.54) is 4.57 Å². The standard InChI is InChI=1S/C18H20ClN5O/c1-12-8-9-13-16(20-10-11-23(2)3)22-18(25)24(17(13)21-12)15-7-5-4-6-14(15)19/h4-9H,10-11H2,1-3H3,(H,20,22,25). The van der Waals surface area contributed by atoms with Crippen molar-refractivity contribution >= 4 is 28.5 Å². The number of aromatic nitrogens is 3. The first-order valence-electron chi connectivity index (χ1n) is 8.01. The summed E-state index contributed by atoms with van der Waals surface area (Å²) < 4.78 is 1.46. The molecule has 0 fully saturated rings. The van der Waals surface area contributed by atoms with Crippen LogP contribution in [0.2, 0.25) is 5.02 Å². The molecule has 0 aliphatic rings. The fourth-order valence-electron chi connectivity index (χ4n) is 2.58. The van der Waals surface area contributed by atoms with Gasteiger partial charge in [0.25, 0.3) is 0 Å². The van der Waals surface area contributed by atoms with Gasteiger partial charge < -0.3 is 10.2 Å². The van der Waals surface area contributed by atoms with Gasteiger partial charge in [-0.2, -0.15) is 4.98 Å². The maximum absolute atomic E-state index is 12.7. The zero-order chi connectivity index (χ0) is 18.0. The third-order valence-electron chi connectivity index (χ3n) is 3.82. The molecule has 1 aromatic carbocycles. The van der Waals surface area contributed by atoms with Crippen molar-refractivity contribution in [3.8, 4) is 5.69 Å². The van der Waals surface area contributed by atoms with Gasteiger partial charge in [-0.05, 0) is 45.3 Å². The van der Waals surface area contributed by atoms with E-state index >= 15 is 0 Å². The van der Waals surface area contributed by atoms with Crippen molar-refractivity contribution in [2.75, 3.05) is 32.5 Å². The van der Waals surface area contributed by atoms with E-state index in [4.69, 9.17) is 11.6 Å². The Balaban J connectivity index is 2.19. The number of halogens is 1. The van der Waals surface area contributed by atoms with E-state index < -0.39 is 5.69 Å². The average molecular weight is 358 g/mol. The van der Waals surface area contributed by atoms with Crippen molar-refractivity contribution in [3.05, 3.63) is 57.6 Å². The maximum Gasteiger partial charge on any atom is 0.355 e. The zero-order valence-electron chi connectivity index (χ0n) is 14.5. The third-order valence-corrected chi connectivity index (χ3v) is 4.14. The van der Waals surface area contributed by atoms with Crippen LogP contribution >= 0.6 is 11.6 Å². The van der Waals surface area contributed by atoms with Crippen LogP contribution in [0, 0.1) is 6.92 Å². The zero-order valence-corrected chi connectivity index (χ0v) is 15.2. The van der Waals surface area contributed by atoms with Crippen molar-refractivity contribution < 1.29 is 0 Å². The molecule has 2 heterocycles. The van der Waals surface area contributed by atoms with Crippen LogP contribution in [0.25, 0.3) is 16.7 Å². The van der Waals surface area contributed by atoms with Crippen LogP contribution in [-0.4, -0.2) is 46.6 Å². The molecule has 0 spiro atoms. The second kappa shape index (κ2) is 7.21. The molecule has 0 unspecified atom stereocenters. The molecule has 3 aromatic rings. The molecule has 7 heteroatoms. The van der Waals surface area contributed by atoms with Gasteiger partial charge >= 0.3 is 5.69 Å². The number of para-hydroxylation sites is 1. The number of aryl methyl sites for hydroxylation is 1. The average Bonchev–Trinajstić information content (AvgIpc) is 2.55. The number of anilines is 1. The van der Waals surface area contributed by atoms with Crippen molar-refractivity contribution in [1.29, 1.82) is 0 Å². The molecular weight excluding hydrogens is 338 g/mol. The molecule has 0 bridgehead atoms. The molecule has 1 N–H and O–H groups in total. The Hall–Kier alpha value is -2.44. The van der Waals surface area contributed by atoms with Crippen LogP contribution in [0.1, 0.15) is 5.69 Å². The highest BCUT2D eigenvalue weighted by Crippen LogP contribution is 2.24. The second-order valence-electron chi connectivity index (χ2n) is 6.08. The summed E-state index contributed by atoms with van der Waals surface area (Å²) >= 11 is 6.29. The molecule has 3 rings (SSSR count). The van der Waals surface area contributed by atoms with Gasteiger partial charge in [0.05, 0.1) is 16.1 Å². The Bertz CT molecular complexity index is 967. The van der Waals surface area contributed by atoms with Crippen LogP contribution in [0.4, 0.5) is 5.82 Å². The van der Waals surface area contributed by atoms with E-state index in [2.05, 4.69) is 20.2 Å². The van der Waals surface area contributed by atoms with Crippen LogP contribution in [0.5, 0.6) is 0 Å². The van der Waals surface area contributed by atoms with E-state index in [0.717, 1.165) is 17.6 Å². The smallest absolute Gasteiger partial charge is 0.355 e. The first kappa shape index (κ1) is 17.4. The van der Waals surface area contributed by atoms with Crippen LogP contribution < -0.4 is 11.0 Å². The summed E-state index contributed by atoms with van der Waals surface area (Å²) in [6.45, 7) is 3.40. The van der Waals surface area contributed by atoms with Crippen LogP contribution in [-0.2, 0) is 0 Å². The van der Waals surface area contributed by atoms with Gasteiger partial charge in [-0.1, -0.05) is 23.7 Å². The topological polar surface area (TPSA) is 63.1 Å². The fourth-order valence-corrected chi connectivity index (χ4v) is 2.80. The predicted octanol–water partition coefficient (Wildman–Crippen LogP) is 2.72. The predicted molar refractivity (Wildman–Crippen MR) is 102 cm³/mol. The fraction of sp³-hybridized carbons (Fsp3) is 0.278. The Morgan fingerprint density at radius 3 is 2.64 bits per heavy atom. The van der Waals surface area contributed by atoms with E-state index in [-0.39, 0.29) is 0 Å². The van der Waals surface area contributed by atoms with E-state index in [1.54, 1.807) is 12.1 Å². The van der Waals surface area contributed by atoms with Crippen molar-refractivity contribution in [3.63, 3.8) is 0 Å². The first-order valence-corrected chi connectivity index (χ1v) is 8.39. The van der Waals surface area contributed by atoms with Crippen molar-refractivity contribution in [1.82, 2.24) is 19.4 Å². The number of fused-ring (bicyclic) bond motifs is 1. The molecular formula is C18H20ClN5O. The summed E-state index contributed by atoms with van der Waals surface area (Å²) in [6.07, 6.45) is 0. The number of benzene rings is 1. The Morgan fingerprint density at radius 1 is 1.16 bits per heavy atom. The molecule has 6 nitrogen and oxygen atoms in total. The minimum Gasteiger partial charge on any atom is -0.368 e. The van der Waals surface area contributed by atoms with Gasteiger partial charge in [-0.25, -0.2) is 14.3 Å². The molecule has 0 radical (unpaired) electrons. The number of hydrogen-bond donors (Lipinski definition) is 1. The molecule has 0 atom stereocenters. The number of hydrogen-bond acceptors (Lipinski definition) is 5. The number of pyridine rings is 1. The van der Waals surface area contributed by atoms with E-state index in [0.29, 0.717) is 28.7 Å². The minimum absolute atomic E-state index is 0.411. The monoisotopic (exact) mass is 357 g/mol. The molecule has 0 saturated carbocycles. The quantitative estimate of drug-likeness (QED) is 0.760. The normalized spacial score (nSPS) is 11.2. The van der Waals surface area contributed by atoms with Gasteiger partial charge in [0, 0.05) is 18.8 Å². The van der Waals surface area contributed by atoms with Crippen molar-refractivity contribution in [2.24, 2.45) is 0 Å². The highest BCUT2D eigenvalue weighted by atomic mass is 35.5. The van der Waals surface area contributed by atoms with Gasteiger partial charge in [0.15, 0.2) is 5.65 Å². The Morgan fingerprint density at radius 2 is 1.92 bits per heavy atom. The summed E-state index contributed by atoms with van der Waals surface area (Å²) in [7, 11) is 3.99. The number of nitrogens with one attached hydrogen (secondary N) is 1. The SMILES string of the molecule is Cc1ccc2c(NCCN(C)C)nc(=O)n(-c3ccccc3Cl)c2n1. The first-order chi connectivity index (χ1) is 12.0. The number of nitrogens with zero attached hydrogens (tertiary/aromatic N) is 4. The summed E-state index contributed by atoms with van der Waals surface area (Å²) in [5, 5.41) is 4.49. The molecule has 0 aliphatic heterocycles.